The van der Waals surface area contributed by atoms with E-state index in [9.17, 15) is 4.79 Å². The lowest BCUT2D eigenvalue weighted by Gasteiger charge is -2.40. The molecule has 3 aromatic carbocycles. The zero-order valence-electron chi connectivity index (χ0n) is 19.9. The van der Waals surface area contributed by atoms with Gasteiger partial charge in [0.15, 0.2) is 0 Å². The zero-order valence-corrected chi connectivity index (χ0v) is 19.9. The number of amides is 1. The molecule has 0 saturated carbocycles. The van der Waals surface area contributed by atoms with Crippen molar-refractivity contribution >= 4 is 5.91 Å². The summed E-state index contributed by atoms with van der Waals surface area (Å²) in [5.41, 5.74) is 4.47. The van der Waals surface area contributed by atoms with E-state index >= 15 is 0 Å². The Morgan fingerprint density at radius 2 is 1.37 bits per heavy atom. The predicted octanol–water partition coefficient (Wildman–Crippen LogP) is 5.60. The molecule has 1 aromatic heterocycles. The maximum Gasteiger partial charge on any atom is 0.222 e. The van der Waals surface area contributed by atoms with Crippen molar-refractivity contribution in [3.63, 3.8) is 0 Å². The third-order valence-electron chi connectivity index (χ3n) is 6.71. The quantitative estimate of drug-likeness (QED) is 0.340. The predicted molar refractivity (Wildman–Crippen MR) is 138 cm³/mol. The van der Waals surface area contributed by atoms with Crippen molar-refractivity contribution < 1.29 is 9.32 Å². The van der Waals surface area contributed by atoms with Crippen molar-refractivity contribution in [3.05, 3.63) is 114 Å². The summed E-state index contributed by atoms with van der Waals surface area (Å²) in [4.78, 5) is 17.4. The number of hydrogen-bond donors (Lipinski definition) is 0. The number of piperazine rings is 1. The number of rotatable bonds is 8. The minimum absolute atomic E-state index is 0.208. The van der Waals surface area contributed by atoms with E-state index in [2.05, 4.69) is 70.7 Å². The van der Waals surface area contributed by atoms with Gasteiger partial charge in [-0.3, -0.25) is 9.69 Å². The van der Waals surface area contributed by atoms with Crippen LogP contribution >= 0.6 is 0 Å². The number of aryl methyl sites for hydroxylation is 1. The van der Waals surface area contributed by atoms with Crippen LogP contribution in [0.15, 0.2) is 102 Å². The molecule has 5 nitrogen and oxygen atoms in total. The summed E-state index contributed by atoms with van der Waals surface area (Å²) in [6.45, 7) is 3.25. The summed E-state index contributed by atoms with van der Waals surface area (Å²) in [6, 6.07) is 33.5. The van der Waals surface area contributed by atoms with E-state index in [0.717, 1.165) is 56.0 Å². The highest BCUT2D eigenvalue weighted by atomic mass is 16.5. The summed E-state index contributed by atoms with van der Waals surface area (Å²) < 4.78 is 5.49. The molecule has 2 heterocycles. The molecular formula is C30H31N3O2. The number of benzene rings is 3. The van der Waals surface area contributed by atoms with Gasteiger partial charge in [-0.2, -0.15) is 0 Å². The van der Waals surface area contributed by atoms with Crippen LogP contribution in [0.2, 0.25) is 0 Å². The maximum absolute atomic E-state index is 12.9. The first-order valence-electron chi connectivity index (χ1n) is 12.4. The average molecular weight is 466 g/mol. The van der Waals surface area contributed by atoms with E-state index in [1.807, 2.05) is 41.3 Å². The topological polar surface area (TPSA) is 49.6 Å². The van der Waals surface area contributed by atoms with Gasteiger partial charge < -0.3 is 9.42 Å². The van der Waals surface area contributed by atoms with Crippen LogP contribution < -0.4 is 0 Å². The normalized spacial score (nSPS) is 14.4. The van der Waals surface area contributed by atoms with Crippen molar-refractivity contribution in [1.29, 1.82) is 0 Å². The van der Waals surface area contributed by atoms with Crippen molar-refractivity contribution in [2.45, 2.75) is 25.3 Å². The molecule has 0 N–H and O–H groups in total. The fourth-order valence-corrected chi connectivity index (χ4v) is 4.86. The Hall–Kier alpha value is -3.70. The van der Waals surface area contributed by atoms with Crippen LogP contribution in [0.4, 0.5) is 0 Å². The molecule has 1 aliphatic rings. The molecule has 5 rings (SSSR count). The van der Waals surface area contributed by atoms with Gasteiger partial charge in [-0.05, 0) is 17.5 Å². The Balaban J connectivity index is 1.14. The van der Waals surface area contributed by atoms with Crippen LogP contribution in [0.3, 0.4) is 0 Å². The Labute approximate surface area is 207 Å². The summed E-state index contributed by atoms with van der Waals surface area (Å²) in [5.74, 6) is 1.05. The number of hydrogen-bond acceptors (Lipinski definition) is 4. The van der Waals surface area contributed by atoms with E-state index in [-0.39, 0.29) is 11.9 Å². The smallest absolute Gasteiger partial charge is 0.222 e. The van der Waals surface area contributed by atoms with Gasteiger partial charge in [0.25, 0.3) is 0 Å². The van der Waals surface area contributed by atoms with Gasteiger partial charge in [0.05, 0.1) is 6.04 Å². The van der Waals surface area contributed by atoms with Gasteiger partial charge in [0, 0.05) is 50.7 Å². The number of nitrogens with zero attached hydrogens (tertiary/aromatic N) is 3. The Bertz CT molecular complexity index is 1160. The lowest BCUT2D eigenvalue weighted by Crippen LogP contribution is -2.49. The Morgan fingerprint density at radius 3 is 1.97 bits per heavy atom. The summed E-state index contributed by atoms with van der Waals surface area (Å²) in [5, 5.41) is 4.17. The second-order valence-corrected chi connectivity index (χ2v) is 9.04. The first-order chi connectivity index (χ1) is 17.3. The number of aromatic nitrogens is 1. The molecule has 0 bridgehead atoms. The fourth-order valence-electron chi connectivity index (χ4n) is 4.86. The number of carbonyl (C=O) groups is 1. The highest BCUT2D eigenvalue weighted by Gasteiger charge is 2.27. The van der Waals surface area contributed by atoms with Crippen LogP contribution in [-0.2, 0) is 11.2 Å². The lowest BCUT2D eigenvalue weighted by molar-refractivity contribution is -0.133. The average Bonchev–Trinajstić information content (AvgIpc) is 3.40. The fraction of sp³-hybridized carbons (Fsp3) is 0.267. The van der Waals surface area contributed by atoms with Crippen molar-refractivity contribution in [1.82, 2.24) is 15.0 Å². The SMILES string of the molecule is O=C(CCCc1cc(-c2ccccc2)no1)N1CCN(C(c2ccccc2)c2ccccc2)CC1. The first kappa shape index (κ1) is 23.1. The summed E-state index contributed by atoms with van der Waals surface area (Å²) in [6.07, 6.45) is 2.01. The minimum Gasteiger partial charge on any atom is -0.361 e. The molecule has 0 aliphatic carbocycles. The molecule has 0 atom stereocenters. The van der Waals surface area contributed by atoms with Crippen LogP contribution in [0.1, 0.15) is 35.8 Å². The monoisotopic (exact) mass is 465 g/mol. The molecule has 35 heavy (non-hydrogen) atoms. The summed E-state index contributed by atoms with van der Waals surface area (Å²) >= 11 is 0. The van der Waals surface area contributed by atoms with Gasteiger partial charge in [0.2, 0.25) is 5.91 Å². The van der Waals surface area contributed by atoms with E-state index in [0.29, 0.717) is 6.42 Å². The highest BCUT2D eigenvalue weighted by Crippen LogP contribution is 2.29. The van der Waals surface area contributed by atoms with Crippen molar-refractivity contribution in [2.24, 2.45) is 0 Å². The van der Waals surface area contributed by atoms with E-state index in [4.69, 9.17) is 4.52 Å². The second-order valence-electron chi connectivity index (χ2n) is 9.04. The number of carbonyl (C=O) groups excluding carboxylic acids is 1. The second kappa shape index (κ2) is 11.2. The Kier molecular flexibility index (Phi) is 7.35. The molecular weight excluding hydrogens is 434 g/mol. The van der Waals surface area contributed by atoms with E-state index in [1.165, 1.54) is 11.1 Å². The molecule has 5 heteroatoms. The molecule has 0 unspecified atom stereocenters. The molecule has 1 fully saturated rings. The molecule has 0 spiro atoms. The molecule has 0 radical (unpaired) electrons. The van der Waals surface area contributed by atoms with Gasteiger partial charge in [0.1, 0.15) is 11.5 Å². The van der Waals surface area contributed by atoms with E-state index < -0.39 is 0 Å². The highest BCUT2D eigenvalue weighted by molar-refractivity contribution is 5.76. The van der Waals surface area contributed by atoms with Gasteiger partial charge in [-0.1, -0.05) is 96.2 Å². The zero-order chi connectivity index (χ0) is 23.9. The molecule has 1 amide bonds. The van der Waals surface area contributed by atoms with Crippen molar-refractivity contribution in [3.8, 4) is 11.3 Å². The molecule has 1 aliphatic heterocycles. The standard InChI is InChI=1S/C30H31N3O2/c34-29(18-10-17-27-23-28(31-35-27)24-11-4-1-5-12-24)32-19-21-33(22-20-32)30(25-13-6-2-7-14-25)26-15-8-3-9-16-26/h1-9,11-16,23,30H,10,17-22H2. The summed E-state index contributed by atoms with van der Waals surface area (Å²) in [7, 11) is 0. The van der Waals surface area contributed by atoms with Crippen LogP contribution in [0, 0.1) is 0 Å². The van der Waals surface area contributed by atoms with E-state index in [1.54, 1.807) is 0 Å². The van der Waals surface area contributed by atoms with Crippen LogP contribution in [0.5, 0.6) is 0 Å². The van der Waals surface area contributed by atoms with Crippen LogP contribution in [-0.4, -0.2) is 47.0 Å². The largest absolute Gasteiger partial charge is 0.361 e. The third kappa shape index (κ3) is 5.69. The molecule has 178 valence electrons. The molecule has 4 aromatic rings. The minimum atomic E-state index is 0.208. The third-order valence-corrected chi connectivity index (χ3v) is 6.71. The van der Waals surface area contributed by atoms with Gasteiger partial charge in [-0.25, -0.2) is 0 Å². The van der Waals surface area contributed by atoms with Crippen molar-refractivity contribution in [2.75, 3.05) is 26.2 Å². The van der Waals surface area contributed by atoms with Gasteiger partial charge in [-0.15, -0.1) is 0 Å². The Morgan fingerprint density at radius 1 is 0.800 bits per heavy atom. The van der Waals surface area contributed by atoms with Crippen LogP contribution in [0.25, 0.3) is 11.3 Å². The lowest BCUT2D eigenvalue weighted by atomic mass is 9.96. The first-order valence-corrected chi connectivity index (χ1v) is 12.4. The molecule has 1 saturated heterocycles. The van der Waals surface area contributed by atoms with Gasteiger partial charge >= 0.3 is 0 Å². The maximum atomic E-state index is 12.9.